The standard InChI is InChI=1S/C30H30N2O9S/c1-8-11-41-29(36)27-16(3)31-30(42-27)32-23(17-13-20(38-5)26(40-7)21(14-17)39-6)22(25(34)28(32)35)24(33)19-10-9-18(37-4)12-15(19)2/h8-10,12-14,23,33H,1,11H2,2-7H3/b24-22+. The molecule has 2 heterocycles. The second-order valence-electron chi connectivity index (χ2n) is 9.11. The van der Waals surface area contributed by atoms with Crippen LogP contribution >= 0.6 is 11.3 Å². The summed E-state index contributed by atoms with van der Waals surface area (Å²) in [5.41, 5.74) is 1.42. The molecule has 12 heteroatoms. The van der Waals surface area contributed by atoms with Crippen molar-refractivity contribution in [3.05, 3.63) is 75.8 Å². The Morgan fingerprint density at radius 2 is 1.71 bits per heavy atom. The molecule has 1 aliphatic rings. The summed E-state index contributed by atoms with van der Waals surface area (Å²) in [5.74, 6) is -1.54. The number of Topliss-reactive ketones (excluding diaryl/α,β-unsaturated/α-hetero) is 1. The molecule has 1 fully saturated rings. The fourth-order valence-corrected chi connectivity index (χ4v) is 5.64. The van der Waals surface area contributed by atoms with Crippen LogP contribution in [0.25, 0.3) is 5.76 Å². The molecule has 4 rings (SSSR count). The molecule has 0 spiro atoms. The van der Waals surface area contributed by atoms with E-state index in [1.54, 1.807) is 44.2 Å². The predicted octanol–water partition coefficient (Wildman–Crippen LogP) is 4.76. The molecule has 11 nitrogen and oxygen atoms in total. The summed E-state index contributed by atoms with van der Waals surface area (Å²) in [6.45, 7) is 6.87. The molecule has 1 amide bonds. The third-order valence-corrected chi connectivity index (χ3v) is 7.78. The first kappa shape index (κ1) is 30.1. The zero-order chi connectivity index (χ0) is 30.7. The molecule has 0 aliphatic carbocycles. The van der Waals surface area contributed by atoms with Gasteiger partial charge in [0.2, 0.25) is 5.75 Å². The molecule has 0 radical (unpaired) electrons. The Balaban J connectivity index is 1.99. The maximum atomic E-state index is 13.7. The van der Waals surface area contributed by atoms with Crippen molar-refractivity contribution in [3.8, 4) is 23.0 Å². The van der Waals surface area contributed by atoms with E-state index >= 15 is 0 Å². The first-order chi connectivity index (χ1) is 20.1. The van der Waals surface area contributed by atoms with Crippen molar-refractivity contribution < 1.29 is 43.2 Å². The summed E-state index contributed by atoms with van der Waals surface area (Å²) >= 11 is 0.890. The number of hydrogen-bond acceptors (Lipinski definition) is 11. The Bertz CT molecular complexity index is 1580. The van der Waals surface area contributed by atoms with E-state index in [9.17, 15) is 19.5 Å². The molecular formula is C30H30N2O9S. The van der Waals surface area contributed by atoms with E-state index < -0.39 is 29.5 Å². The van der Waals surface area contributed by atoms with E-state index in [1.165, 1.54) is 34.5 Å². The number of aliphatic hydroxyl groups is 1. The Hall–Kier alpha value is -4.84. The van der Waals surface area contributed by atoms with E-state index in [-0.39, 0.29) is 33.7 Å². The number of anilines is 1. The van der Waals surface area contributed by atoms with Gasteiger partial charge < -0.3 is 28.8 Å². The number of amides is 1. The number of rotatable bonds is 10. The number of esters is 1. The molecule has 0 saturated carbocycles. The number of ketones is 1. The third-order valence-electron chi connectivity index (χ3n) is 6.64. The molecule has 1 atom stereocenters. The number of thiazole rings is 1. The van der Waals surface area contributed by atoms with Crippen LogP contribution in [0.4, 0.5) is 5.13 Å². The van der Waals surface area contributed by atoms with Crippen molar-refractivity contribution >= 4 is 39.9 Å². The minimum Gasteiger partial charge on any atom is -0.507 e. The lowest BCUT2D eigenvalue weighted by molar-refractivity contribution is -0.132. The van der Waals surface area contributed by atoms with Crippen molar-refractivity contribution in [2.24, 2.45) is 0 Å². The topological polar surface area (TPSA) is 134 Å². The normalized spacial score (nSPS) is 15.9. The number of methoxy groups -OCH3 is 4. The Morgan fingerprint density at radius 1 is 1.05 bits per heavy atom. The van der Waals surface area contributed by atoms with Gasteiger partial charge in [0.1, 0.15) is 23.0 Å². The van der Waals surface area contributed by atoms with Crippen LogP contribution in [-0.2, 0) is 14.3 Å². The smallest absolute Gasteiger partial charge is 0.350 e. The van der Waals surface area contributed by atoms with Gasteiger partial charge in [0.05, 0.1) is 45.7 Å². The van der Waals surface area contributed by atoms with Crippen molar-refractivity contribution in [2.45, 2.75) is 19.9 Å². The monoisotopic (exact) mass is 594 g/mol. The second kappa shape index (κ2) is 12.4. The van der Waals surface area contributed by atoms with Crippen LogP contribution in [0, 0.1) is 13.8 Å². The van der Waals surface area contributed by atoms with Gasteiger partial charge in [-0.3, -0.25) is 14.5 Å². The highest BCUT2D eigenvalue weighted by Crippen LogP contribution is 2.48. The number of ether oxygens (including phenoxy) is 5. The minimum atomic E-state index is -1.18. The van der Waals surface area contributed by atoms with Crippen LogP contribution in [0.5, 0.6) is 23.0 Å². The van der Waals surface area contributed by atoms with Gasteiger partial charge in [0, 0.05) is 5.56 Å². The molecule has 1 N–H and O–H groups in total. The highest BCUT2D eigenvalue weighted by Gasteiger charge is 2.49. The highest BCUT2D eigenvalue weighted by molar-refractivity contribution is 7.17. The number of carbonyl (C=O) groups is 3. The average molecular weight is 595 g/mol. The minimum absolute atomic E-state index is 0.0112. The number of hydrogen-bond donors (Lipinski definition) is 1. The van der Waals surface area contributed by atoms with E-state index in [0.29, 0.717) is 33.9 Å². The lowest BCUT2D eigenvalue weighted by Gasteiger charge is -2.24. The summed E-state index contributed by atoms with van der Waals surface area (Å²) in [5, 5.41) is 11.7. The predicted molar refractivity (Wildman–Crippen MR) is 156 cm³/mol. The average Bonchev–Trinajstić information content (AvgIpc) is 3.50. The second-order valence-corrected chi connectivity index (χ2v) is 10.1. The number of benzene rings is 2. The number of nitrogens with zero attached hydrogens (tertiary/aromatic N) is 2. The van der Waals surface area contributed by atoms with Crippen LogP contribution in [-0.4, -0.2) is 62.8 Å². The molecule has 220 valence electrons. The van der Waals surface area contributed by atoms with Crippen LogP contribution in [0.1, 0.15) is 38.1 Å². The summed E-state index contributed by atoms with van der Waals surface area (Å²) < 4.78 is 26.9. The molecule has 1 unspecified atom stereocenters. The number of aromatic nitrogens is 1. The van der Waals surface area contributed by atoms with Crippen molar-refractivity contribution in [1.82, 2.24) is 4.98 Å². The van der Waals surface area contributed by atoms with E-state index in [0.717, 1.165) is 16.2 Å². The molecule has 1 aromatic heterocycles. The molecule has 1 saturated heterocycles. The number of aliphatic hydroxyl groups excluding tert-OH is 1. The number of carbonyl (C=O) groups excluding carboxylic acids is 3. The lowest BCUT2D eigenvalue weighted by Crippen LogP contribution is -2.29. The first-order valence-electron chi connectivity index (χ1n) is 12.6. The molecule has 0 bridgehead atoms. The third kappa shape index (κ3) is 5.28. The molecule has 2 aromatic carbocycles. The number of aryl methyl sites for hydroxylation is 2. The molecule has 3 aromatic rings. The quantitative estimate of drug-likeness (QED) is 0.115. The zero-order valence-corrected chi connectivity index (χ0v) is 24.8. The first-order valence-corrected chi connectivity index (χ1v) is 13.4. The zero-order valence-electron chi connectivity index (χ0n) is 24.0. The van der Waals surface area contributed by atoms with Gasteiger partial charge in [-0.05, 0) is 55.3 Å². The van der Waals surface area contributed by atoms with Crippen LogP contribution in [0.3, 0.4) is 0 Å². The Morgan fingerprint density at radius 3 is 2.26 bits per heavy atom. The Labute approximate surface area is 246 Å². The largest absolute Gasteiger partial charge is 0.507 e. The van der Waals surface area contributed by atoms with Crippen molar-refractivity contribution in [1.29, 1.82) is 0 Å². The Kier molecular flexibility index (Phi) is 8.86. The molecule has 42 heavy (non-hydrogen) atoms. The fourth-order valence-electron chi connectivity index (χ4n) is 4.65. The van der Waals surface area contributed by atoms with Gasteiger partial charge in [-0.25, -0.2) is 9.78 Å². The van der Waals surface area contributed by atoms with Crippen molar-refractivity contribution in [3.63, 3.8) is 0 Å². The maximum absolute atomic E-state index is 13.7. The summed E-state index contributed by atoms with van der Waals surface area (Å²) in [7, 11) is 5.83. The van der Waals surface area contributed by atoms with Crippen molar-refractivity contribution in [2.75, 3.05) is 39.9 Å². The summed E-state index contributed by atoms with van der Waals surface area (Å²) in [6.07, 6.45) is 1.43. The molecule has 1 aliphatic heterocycles. The fraction of sp³-hybridized carbons (Fsp3) is 0.267. The van der Waals surface area contributed by atoms with Gasteiger partial charge in [-0.2, -0.15) is 0 Å². The van der Waals surface area contributed by atoms with E-state index in [2.05, 4.69) is 11.6 Å². The maximum Gasteiger partial charge on any atom is 0.350 e. The van der Waals surface area contributed by atoms with Crippen LogP contribution in [0.15, 0.2) is 48.6 Å². The SMILES string of the molecule is C=CCOC(=O)c1sc(N2C(=O)C(=O)/C(=C(/O)c3ccc(OC)cc3C)C2c2cc(OC)c(OC)c(OC)c2)nc1C. The van der Waals surface area contributed by atoms with Gasteiger partial charge >= 0.3 is 11.9 Å². The van der Waals surface area contributed by atoms with Crippen LogP contribution in [0.2, 0.25) is 0 Å². The molecular weight excluding hydrogens is 564 g/mol. The lowest BCUT2D eigenvalue weighted by atomic mass is 9.93. The van der Waals surface area contributed by atoms with Crippen LogP contribution < -0.4 is 23.8 Å². The van der Waals surface area contributed by atoms with E-state index in [1.807, 2.05) is 0 Å². The van der Waals surface area contributed by atoms with Gasteiger partial charge in [0.15, 0.2) is 16.6 Å². The summed E-state index contributed by atoms with van der Waals surface area (Å²) in [4.78, 5) is 45.8. The summed E-state index contributed by atoms with van der Waals surface area (Å²) in [6, 6.07) is 6.92. The highest BCUT2D eigenvalue weighted by atomic mass is 32.1. The van der Waals surface area contributed by atoms with Gasteiger partial charge in [0.25, 0.3) is 5.78 Å². The van der Waals surface area contributed by atoms with Gasteiger partial charge in [-0.1, -0.05) is 24.0 Å². The van der Waals surface area contributed by atoms with E-state index in [4.69, 9.17) is 23.7 Å². The van der Waals surface area contributed by atoms with Gasteiger partial charge in [-0.15, -0.1) is 0 Å².